The third kappa shape index (κ3) is 306. The van der Waals surface area contributed by atoms with Crippen molar-refractivity contribution in [3.63, 3.8) is 0 Å². The fourth-order valence-electron chi connectivity index (χ4n) is 0. The fourth-order valence-corrected chi connectivity index (χ4v) is 0. The van der Waals surface area contributed by atoms with Crippen LogP contribution in [0.2, 0.25) is 0 Å². The number of hydrogen-bond acceptors (Lipinski definition) is 2. The van der Waals surface area contributed by atoms with Crippen molar-refractivity contribution in [1.82, 2.24) is 0 Å². The molecule has 0 aromatic rings. The average molecular weight is 294 g/mol. The van der Waals surface area contributed by atoms with Gasteiger partial charge < -0.3 is 5.21 Å². The lowest BCUT2D eigenvalue weighted by atomic mass is 10.4. The zero-order valence-electron chi connectivity index (χ0n) is 15.3. The standard InChI is InChI=1S/4C4H10.H3NOSi/c4*1-3-4-2;2-1-3/h4*3-4H2,1-2H3;2H,3H2. The Morgan fingerprint density at radius 3 is 0.579 bits per heavy atom. The van der Waals surface area contributed by atoms with Gasteiger partial charge in [0, 0.05) is 0 Å². The lowest BCUT2D eigenvalue weighted by Gasteiger charge is -1.68. The normalized spacial score (nSPS) is 6.95. The van der Waals surface area contributed by atoms with Gasteiger partial charge in [-0.25, -0.2) is 0 Å². The summed E-state index contributed by atoms with van der Waals surface area (Å²) in [6.45, 7) is 17.4. The summed E-state index contributed by atoms with van der Waals surface area (Å²) in [7, 11) is 1.15. The Morgan fingerprint density at radius 1 is 0.526 bits per heavy atom. The van der Waals surface area contributed by atoms with Crippen LogP contribution in [0.3, 0.4) is 0 Å². The van der Waals surface area contributed by atoms with Gasteiger partial charge in [-0.2, -0.15) is 4.80 Å². The van der Waals surface area contributed by atoms with Crippen LogP contribution in [0.4, 0.5) is 0 Å². The van der Waals surface area contributed by atoms with Crippen LogP contribution in [0, 0.1) is 0 Å². The maximum Gasteiger partial charge on any atom is 0.148 e. The fraction of sp³-hybridized carbons (Fsp3) is 1.00. The summed E-state index contributed by atoms with van der Waals surface area (Å²) in [5, 5.41) is 7.21. The predicted molar refractivity (Wildman–Crippen MR) is 95.1 cm³/mol. The minimum atomic E-state index is 1.15. The molecule has 1 N–H and O–H groups in total. The molecule has 0 aliphatic carbocycles. The molecule has 0 aromatic carbocycles. The van der Waals surface area contributed by atoms with Crippen molar-refractivity contribution in [2.24, 2.45) is 4.80 Å². The quantitative estimate of drug-likeness (QED) is 0.471. The molecule has 0 spiro atoms. The smallest absolute Gasteiger partial charge is 0.148 e. The molecule has 0 unspecified atom stereocenters. The van der Waals surface area contributed by atoms with Crippen LogP contribution >= 0.6 is 0 Å². The number of nitrogens with zero attached hydrogens (tertiary/aromatic N) is 1. The van der Waals surface area contributed by atoms with E-state index in [1.165, 1.54) is 51.4 Å². The second-order valence-corrected chi connectivity index (χ2v) is 4.42. The van der Waals surface area contributed by atoms with E-state index in [1.807, 2.05) is 0 Å². The van der Waals surface area contributed by atoms with Crippen LogP contribution in [-0.4, -0.2) is 15.2 Å². The van der Waals surface area contributed by atoms with Crippen LogP contribution < -0.4 is 0 Å². The third-order valence-electron chi connectivity index (χ3n) is 2.00. The molecule has 0 aromatic heterocycles. The summed E-state index contributed by atoms with van der Waals surface area (Å²) in [5.41, 5.74) is 0. The van der Waals surface area contributed by atoms with Crippen molar-refractivity contribution < 1.29 is 5.21 Å². The minimum Gasteiger partial charge on any atom is -0.422 e. The Balaban J connectivity index is -0.0000000432. The molecule has 0 aliphatic heterocycles. The van der Waals surface area contributed by atoms with E-state index < -0.39 is 0 Å². The van der Waals surface area contributed by atoms with Crippen molar-refractivity contribution in [2.45, 2.75) is 107 Å². The topological polar surface area (TPSA) is 32.6 Å². The van der Waals surface area contributed by atoms with Crippen molar-refractivity contribution in [3.8, 4) is 0 Å². The molecule has 0 rings (SSSR count). The summed E-state index contributed by atoms with van der Waals surface area (Å²) in [5.74, 6) is 0. The minimum absolute atomic E-state index is 1.15. The lowest BCUT2D eigenvalue weighted by Crippen LogP contribution is -1.47. The molecule has 2 nitrogen and oxygen atoms in total. The van der Waals surface area contributed by atoms with Crippen LogP contribution in [0.25, 0.3) is 0 Å². The van der Waals surface area contributed by atoms with Crippen LogP contribution in [-0.2, 0) is 0 Å². The molecule has 0 amide bonds. The molecule has 19 heavy (non-hydrogen) atoms. The molecule has 0 saturated heterocycles. The molecule has 3 heteroatoms. The largest absolute Gasteiger partial charge is 0.422 e. The van der Waals surface area contributed by atoms with Crippen LogP contribution in [0.5, 0.6) is 0 Å². The Kier molecular flexibility index (Phi) is 107. The molecule has 0 saturated carbocycles. The van der Waals surface area contributed by atoms with Gasteiger partial charge in [-0.1, -0.05) is 107 Å². The van der Waals surface area contributed by atoms with E-state index in [4.69, 9.17) is 5.21 Å². The van der Waals surface area contributed by atoms with Gasteiger partial charge in [-0.3, -0.25) is 0 Å². The lowest BCUT2D eigenvalue weighted by molar-refractivity contribution is 0.326. The molecule has 0 heterocycles. The SMILES string of the molecule is CCCC.CCCC.CCCC.CCCC.ON=[SiH2]. The van der Waals surface area contributed by atoms with E-state index >= 15 is 0 Å². The van der Waals surface area contributed by atoms with Gasteiger partial charge in [0.15, 0.2) is 0 Å². The van der Waals surface area contributed by atoms with Gasteiger partial charge in [0.05, 0.1) is 0 Å². The van der Waals surface area contributed by atoms with Gasteiger partial charge in [-0.05, 0) is 0 Å². The van der Waals surface area contributed by atoms with E-state index in [0.717, 1.165) is 10.0 Å². The first-order valence-corrected chi connectivity index (χ1v) is 8.81. The Hall–Kier alpha value is -0.183. The van der Waals surface area contributed by atoms with Crippen molar-refractivity contribution in [3.05, 3.63) is 0 Å². The van der Waals surface area contributed by atoms with E-state index in [9.17, 15) is 0 Å². The van der Waals surface area contributed by atoms with Gasteiger partial charge >= 0.3 is 0 Å². The van der Waals surface area contributed by atoms with Gasteiger partial charge in [-0.15, -0.1) is 0 Å². The predicted octanol–water partition coefficient (Wildman–Crippen LogP) is 6.42. The monoisotopic (exact) mass is 293 g/mol. The summed E-state index contributed by atoms with van der Waals surface area (Å²) < 4.78 is 0. The van der Waals surface area contributed by atoms with E-state index in [2.05, 4.69) is 60.2 Å². The highest BCUT2D eigenvalue weighted by molar-refractivity contribution is 5.91. The third-order valence-corrected chi connectivity index (χ3v) is 2.00. The van der Waals surface area contributed by atoms with Gasteiger partial charge in [0.1, 0.15) is 10.0 Å². The summed E-state index contributed by atoms with van der Waals surface area (Å²) >= 11 is 0. The molecule has 0 atom stereocenters. The molecular weight excluding hydrogens is 250 g/mol. The molecule has 122 valence electrons. The maximum absolute atomic E-state index is 7.21. The highest BCUT2D eigenvalue weighted by Crippen LogP contribution is 1.77. The Labute approximate surface area is 127 Å². The highest BCUT2D eigenvalue weighted by atomic mass is 28.1. The second kappa shape index (κ2) is 64.8. The number of unbranched alkanes of at least 4 members (excludes halogenated alkanes) is 4. The molecule has 0 bridgehead atoms. The number of hydrogen-bond donors (Lipinski definition) is 1. The van der Waals surface area contributed by atoms with Crippen LogP contribution in [0.1, 0.15) is 107 Å². The first kappa shape index (κ1) is 31.3. The average Bonchev–Trinajstić information content (AvgIpc) is 2.48. The summed E-state index contributed by atoms with van der Waals surface area (Å²) in [6.07, 6.45) is 10.6. The second-order valence-electron chi connectivity index (χ2n) is 4.14. The van der Waals surface area contributed by atoms with E-state index in [0.29, 0.717) is 0 Å². The van der Waals surface area contributed by atoms with E-state index in [1.54, 1.807) is 0 Å². The summed E-state index contributed by atoms with van der Waals surface area (Å²) in [4.78, 5) is 2.53. The van der Waals surface area contributed by atoms with Crippen molar-refractivity contribution in [1.29, 1.82) is 0 Å². The van der Waals surface area contributed by atoms with E-state index in [-0.39, 0.29) is 0 Å². The summed E-state index contributed by atoms with van der Waals surface area (Å²) in [6, 6.07) is 0. The number of rotatable bonds is 4. The molecule has 0 aliphatic rings. The van der Waals surface area contributed by atoms with Gasteiger partial charge in [0.25, 0.3) is 0 Å². The van der Waals surface area contributed by atoms with Gasteiger partial charge in [0.2, 0.25) is 0 Å². The first-order chi connectivity index (χ1) is 9.07. The zero-order chi connectivity index (χ0) is 16.4. The Morgan fingerprint density at radius 2 is 0.579 bits per heavy atom. The van der Waals surface area contributed by atoms with Crippen LogP contribution in [0.15, 0.2) is 4.80 Å². The Bertz CT molecular complexity index is 66.8. The van der Waals surface area contributed by atoms with Crippen molar-refractivity contribution >= 4 is 10.0 Å². The highest BCUT2D eigenvalue weighted by Gasteiger charge is 1.57. The maximum atomic E-state index is 7.21. The van der Waals surface area contributed by atoms with Crippen molar-refractivity contribution in [2.75, 3.05) is 0 Å². The molecular formula is C16H43NOSi. The molecule has 0 radical (unpaired) electrons. The molecule has 0 fully saturated rings. The first-order valence-electron chi connectivity index (χ1n) is 8.17. The zero-order valence-corrected chi connectivity index (χ0v) is 16.7.